The molecule has 2 rings (SSSR count). The Hall–Kier alpha value is -3.41. The highest BCUT2D eigenvalue weighted by molar-refractivity contribution is 6.02. The molecule has 0 aliphatic rings. The van der Waals surface area contributed by atoms with E-state index < -0.39 is 11.9 Å². The molecule has 2 aromatic rings. The van der Waals surface area contributed by atoms with Gasteiger partial charge in [-0.1, -0.05) is 30.3 Å². The Bertz CT molecular complexity index is 752. The van der Waals surface area contributed by atoms with E-state index in [1.165, 1.54) is 0 Å². The number of nitrogens with one attached hydrogen (secondary N) is 2. The van der Waals surface area contributed by atoms with Gasteiger partial charge >= 0.3 is 5.97 Å². The van der Waals surface area contributed by atoms with Crippen LogP contribution in [0.1, 0.15) is 15.9 Å². The normalized spacial score (nSPS) is 10.3. The van der Waals surface area contributed by atoms with Crippen molar-refractivity contribution in [3.05, 3.63) is 77.9 Å². The molecule has 6 heteroatoms. The molecule has 24 heavy (non-hydrogen) atoms. The number of carboxylic acids is 1. The third-order valence-electron chi connectivity index (χ3n) is 3.09. The first-order valence-electron chi connectivity index (χ1n) is 7.19. The molecule has 3 N–H and O–H groups in total. The molecule has 0 saturated heterocycles. The van der Waals surface area contributed by atoms with Crippen molar-refractivity contribution < 1.29 is 19.5 Å². The van der Waals surface area contributed by atoms with E-state index >= 15 is 0 Å². The van der Waals surface area contributed by atoms with E-state index in [9.17, 15) is 14.4 Å². The third-order valence-corrected chi connectivity index (χ3v) is 3.09. The van der Waals surface area contributed by atoms with Crippen LogP contribution in [0.15, 0.2) is 66.7 Å². The second kappa shape index (κ2) is 8.28. The zero-order chi connectivity index (χ0) is 17.4. The lowest BCUT2D eigenvalue weighted by Crippen LogP contribution is -2.22. The van der Waals surface area contributed by atoms with Crippen molar-refractivity contribution in [2.45, 2.75) is 6.54 Å². The van der Waals surface area contributed by atoms with Gasteiger partial charge in [0.05, 0.1) is 0 Å². The second-order valence-electron chi connectivity index (χ2n) is 4.91. The van der Waals surface area contributed by atoms with Crippen molar-refractivity contribution in [2.24, 2.45) is 0 Å². The van der Waals surface area contributed by atoms with Crippen molar-refractivity contribution in [1.82, 2.24) is 5.32 Å². The quantitative estimate of drug-likeness (QED) is 0.710. The molecule has 0 atom stereocenters. The van der Waals surface area contributed by atoms with Crippen molar-refractivity contribution in [3.8, 4) is 0 Å². The SMILES string of the molecule is O=C(O)/C=C/C(=O)Nc1ccc(C(=O)NCc2ccccc2)cc1. The van der Waals surface area contributed by atoms with E-state index in [1.54, 1.807) is 24.3 Å². The lowest BCUT2D eigenvalue weighted by Gasteiger charge is -2.07. The van der Waals surface area contributed by atoms with Crippen LogP contribution in [0.3, 0.4) is 0 Å². The summed E-state index contributed by atoms with van der Waals surface area (Å²) in [6.45, 7) is 0.429. The van der Waals surface area contributed by atoms with Crippen LogP contribution >= 0.6 is 0 Å². The minimum absolute atomic E-state index is 0.220. The average Bonchev–Trinajstić information content (AvgIpc) is 2.59. The van der Waals surface area contributed by atoms with Crippen LogP contribution in [-0.2, 0) is 16.1 Å². The lowest BCUT2D eigenvalue weighted by molar-refractivity contribution is -0.131. The first-order valence-corrected chi connectivity index (χ1v) is 7.19. The van der Waals surface area contributed by atoms with Gasteiger partial charge in [-0.3, -0.25) is 9.59 Å². The monoisotopic (exact) mass is 324 g/mol. The zero-order valence-electron chi connectivity index (χ0n) is 12.7. The summed E-state index contributed by atoms with van der Waals surface area (Å²) in [6, 6.07) is 15.9. The van der Waals surface area contributed by atoms with E-state index in [2.05, 4.69) is 10.6 Å². The molecule has 0 aliphatic carbocycles. The Kier molecular flexibility index (Phi) is 5.85. The summed E-state index contributed by atoms with van der Waals surface area (Å²) in [4.78, 5) is 33.8. The number of carbonyl (C=O) groups is 3. The third kappa shape index (κ3) is 5.42. The highest BCUT2D eigenvalue weighted by Crippen LogP contribution is 2.10. The van der Waals surface area contributed by atoms with Crippen LogP contribution in [0.5, 0.6) is 0 Å². The van der Waals surface area contributed by atoms with Crippen LogP contribution in [0.2, 0.25) is 0 Å². The molecule has 0 aliphatic heterocycles. The van der Waals surface area contributed by atoms with Crippen LogP contribution in [0.25, 0.3) is 0 Å². The fraction of sp³-hybridized carbons (Fsp3) is 0.0556. The molecule has 2 aromatic carbocycles. The summed E-state index contributed by atoms with van der Waals surface area (Å²) in [6.07, 6.45) is 1.67. The van der Waals surface area contributed by atoms with Gasteiger partial charge in [-0.25, -0.2) is 4.79 Å². The molecule has 6 nitrogen and oxygen atoms in total. The van der Waals surface area contributed by atoms with Gasteiger partial charge in [-0.2, -0.15) is 0 Å². The standard InChI is InChI=1S/C18H16N2O4/c21-16(10-11-17(22)23)20-15-8-6-14(7-9-15)18(24)19-12-13-4-2-1-3-5-13/h1-11H,12H2,(H,19,24)(H,20,21)(H,22,23)/b11-10+. The maximum Gasteiger partial charge on any atom is 0.328 e. The van der Waals surface area contributed by atoms with Crippen molar-refractivity contribution in [1.29, 1.82) is 0 Å². The number of amides is 2. The Morgan fingerprint density at radius 3 is 2.21 bits per heavy atom. The Labute approximate surface area is 138 Å². The van der Waals surface area contributed by atoms with Crippen molar-refractivity contribution >= 4 is 23.5 Å². The number of aliphatic carboxylic acids is 1. The van der Waals surface area contributed by atoms with E-state index in [0.717, 1.165) is 17.7 Å². The topological polar surface area (TPSA) is 95.5 Å². The summed E-state index contributed by atoms with van der Waals surface area (Å²) >= 11 is 0. The highest BCUT2D eigenvalue weighted by atomic mass is 16.4. The van der Waals surface area contributed by atoms with E-state index in [4.69, 9.17) is 5.11 Å². The number of anilines is 1. The van der Waals surface area contributed by atoms with Gasteiger partial charge in [0.2, 0.25) is 5.91 Å². The van der Waals surface area contributed by atoms with Crippen LogP contribution < -0.4 is 10.6 Å². The molecule has 0 spiro atoms. The smallest absolute Gasteiger partial charge is 0.328 e. The number of carboxylic acid groups (broad SMARTS) is 1. The number of hydrogen-bond donors (Lipinski definition) is 3. The molecule has 0 fully saturated rings. The molecule has 0 bridgehead atoms. The van der Waals surface area contributed by atoms with E-state index in [0.29, 0.717) is 17.8 Å². The molecular formula is C18H16N2O4. The summed E-state index contributed by atoms with van der Waals surface area (Å²) in [5.74, 6) is -1.98. The maximum atomic E-state index is 12.1. The van der Waals surface area contributed by atoms with Gasteiger partial charge in [0.15, 0.2) is 0 Å². The van der Waals surface area contributed by atoms with Gasteiger partial charge in [-0.05, 0) is 29.8 Å². The molecule has 122 valence electrons. The van der Waals surface area contributed by atoms with Crippen LogP contribution in [0.4, 0.5) is 5.69 Å². The number of rotatable bonds is 6. The van der Waals surface area contributed by atoms with Gasteiger partial charge in [0.25, 0.3) is 5.91 Å². The predicted octanol–water partition coefficient (Wildman–Crippen LogP) is 2.20. The average molecular weight is 324 g/mol. The molecule has 0 heterocycles. The molecule has 0 saturated carbocycles. The minimum Gasteiger partial charge on any atom is -0.478 e. The fourth-order valence-corrected chi connectivity index (χ4v) is 1.92. The van der Waals surface area contributed by atoms with Gasteiger partial charge in [0.1, 0.15) is 0 Å². The van der Waals surface area contributed by atoms with Gasteiger partial charge in [-0.15, -0.1) is 0 Å². The van der Waals surface area contributed by atoms with Crippen molar-refractivity contribution in [2.75, 3.05) is 5.32 Å². The largest absolute Gasteiger partial charge is 0.478 e. The fourth-order valence-electron chi connectivity index (χ4n) is 1.92. The lowest BCUT2D eigenvalue weighted by atomic mass is 10.1. The second-order valence-corrected chi connectivity index (χ2v) is 4.91. The van der Waals surface area contributed by atoms with Crippen molar-refractivity contribution in [3.63, 3.8) is 0 Å². The maximum absolute atomic E-state index is 12.1. The molecule has 0 radical (unpaired) electrons. The Morgan fingerprint density at radius 1 is 0.917 bits per heavy atom. The molecule has 0 aromatic heterocycles. The van der Waals surface area contributed by atoms with Gasteiger partial charge in [0, 0.05) is 29.9 Å². The minimum atomic E-state index is -1.20. The summed E-state index contributed by atoms with van der Waals surface area (Å²) in [5, 5.41) is 13.8. The Balaban J connectivity index is 1.90. The predicted molar refractivity (Wildman–Crippen MR) is 89.5 cm³/mol. The Morgan fingerprint density at radius 2 is 1.58 bits per heavy atom. The number of benzene rings is 2. The molecular weight excluding hydrogens is 308 g/mol. The van der Waals surface area contributed by atoms with Crippen LogP contribution in [-0.4, -0.2) is 22.9 Å². The summed E-state index contributed by atoms with van der Waals surface area (Å²) in [5.41, 5.74) is 1.93. The first kappa shape index (κ1) is 17.0. The van der Waals surface area contributed by atoms with Crippen LogP contribution in [0, 0.1) is 0 Å². The molecule has 0 unspecified atom stereocenters. The number of hydrogen-bond acceptors (Lipinski definition) is 3. The molecule has 2 amide bonds. The van der Waals surface area contributed by atoms with Gasteiger partial charge < -0.3 is 15.7 Å². The van der Waals surface area contributed by atoms with E-state index in [1.807, 2.05) is 30.3 Å². The van der Waals surface area contributed by atoms with E-state index in [-0.39, 0.29) is 5.91 Å². The summed E-state index contributed by atoms with van der Waals surface area (Å²) in [7, 11) is 0. The highest BCUT2D eigenvalue weighted by Gasteiger charge is 2.06. The zero-order valence-corrected chi connectivity index (χ0v) is 12.7. The first-order chi connectivity index (χ1) is 11.5. The summed E-state index contributed by atoms with van der Waals surface area (Å²) < 4.78 is 0. The number of carbonyl (C=O) groups excluding carboxylic acids is 2.